The molecule has 5 heteroatoms. The van der Waals surface area contributed by atoms with Gasteiger partial charge in [-0.2, -0.15) is 0 Å². The molecule has 2 N–H and O–H groups in total. The van der Waals surface area contributed by atoms with Gasteiger partial charge in [0.25, 0.3) is 0 Å². The van der Waals surface area contributed by atoms with E-state index in [2.05, 4.69) is 4.98 Å². The van der Waals surface area contributed by atoms with Crippen LogP contribution in [-0.2, 0) is 9.59 Å². The summed E-state index contributed by atoms with van der Waals surface area (Å²) in [6.45, 7) is 0. The Bertz CT molecular complexity index is 568. The monoisotopic (exact) mass is 271 g/mol. The zero-order valence-electron chi connectivity index (χ0n) is 11.2. The van der Waals surface area contributed by atoms with Gasteiger partial charge in [0, 0.05) is 42.3 Å². The first-order valence-electron chi connectivity index (χ1n) is 6.91. The summed E-state index contributed by atoms with van der Waals surface area (Å²) >= 11 is 0. The molecule has 0 spiro atoms. The van der Waals surface area contributed by atoms with Gasteiger partial charge in [0.2, 0.25) is 5.91 Å². The minimum absolute atomic E-state index is 0.00917. The van der Waals surface area contributed by atoms with Gasteiger partial charge >= 0.3 is 0 Å². The van der Waals surface area contributed by atoms with Crippen molar-refractivity contribution < 1.29 is 9.59 Å². The highest BCUT2D eigenvalue weighted by molar-refractivity contribution is 6.02. The number of nitrogens with two attached hydrogens (primary N) is 1. The first kappa shape index (κ1) is 12.8. The molecule has 1 aromatic heterocycles. The summed E-state index contributed by atoms with van der Waals surface area (Å²) in [6, 6.07) is 3.77. The van der Waals surface area contributed by atoms with Crippen molar-refractivity contribution >= 4 is 17.4 Å². The Kier molecular flexibility index (Phi) is 3.26. The van der Waals surface area contributed by atoms with Crippen LogP contribution in [0.1, 0.15) is 25.7 Å². The SMILES string of the molecule is NC(=O)C1=CN(c2ccncc2)C2CCCCC(=O)C12. The number of pyridine rings is 1. The van der Waals surface area contributed by atoms with Crippen LogP contribution < -0.4 is 10.6 Å². The zero-order valence-corrected chi connectivity index (χ0v) is 11.2. The van der Waals surface area contributed by atoms with Crippen molar-refractivity contribution in [3.05, 3.63) is 36.3 Å². The summed E-state index contributed by atoms with van der Waals surface area (Å²) < 4.78 is 0. The lowest BCUT2D eigenvalue weighted by Crippen LogP contribution is -2.36. The molecule has 0 aromatic carbocycles. The number of anilines is 1. The molecule has 1 amide bonds. The molecular weight excluding hydrogens is 254 g/mol. The molecule has 1 aromatic rings. The van der Waals surface area contributed by atoms with Gasteiger partial charge in [-0.15, -0.1) is 0 Å². The van der Waals surface area contributed by atoms with Crippen molar-refractivity contribution in [2.75, 3.05) is 4.90 Å². The maximum Gasteiger partial charge on any atom is 0.246 e. The van der Waals surface area contributed by atoms with Gasteiger partial charge in [-0.05, 0) is 25.0 Å². The summed E-state index contributed by atoms with van der Waals surface area (Å²) in [7, 11) is 0. The van der Waals surface area contributed by atoms with E-state index in [1.165, 1.54) is 0 Å². The largest absolute Gasteiger partial charge is 0.366 e. The van der Waals surface area contributed by atoms with Crippen molar-refractivity contribution in [2.45, 2.75) is 31.7 Å². The zero-order chi connectivity index (χ0) is 14.1. The second kappa shape index (κ2) is 5.07. The molecule has 104 valence electrons. The average Bonchev–Trinajstić information content (AvgIpc) is 2.74. The fourth-order valence-electron chi connectivity index (χ4n) is 3.19. The molecule has 3 rings (SSSR count). The third-order valence-corrected chi connectivity index (χ3v) is 4.12. The predicted molar refractivity (Wildman–Crippen MR) is 74.7 cm³/mol. The highest BCUT2D eigenvalue weighted by atomic mass is 16.1. The Hall–Kier alpha value is -2.17. The molecule has 0 radical (unpaired) electrons. The van der Waals surface area contributed by atoms with E-state index in [1.807, 2.05) is 17.0 Å². The molecule has 2 heterocycles. The van der Waals surface area contributed by atoms with Crippen LogP contribution in [0, 0.1) is 5.92 Å². The molecule has 0 saturated heterocycles. The molecule has 1 aliphatic carbocycles. The number of rotatable bonds is 2. The van der Waals surface area contributed by atoms with Gasteiger partial charge in [0.1, 0.15) is 5.78 Å². The molecule has 2 unspecified atom stereocenters. The Labute approximate surface area is 117 Å². The number of carbonyl (C=O) groups is 2. The number of aromatic nitrogens is 1. The van der Waals surface area contributed by atoms with Crippen LogP contribution in [-0.4, -0.2) is 22.7 Å². The van der Waals surface area contributed by atoms with E-state index in [0.29, 0.717) is 12.0 Å². The van der Waals surface area contributed by atoms with Crippen LogP contribution in [0.15, 0.2) is 36.3 Å². The van der Waals surface area contributed by atoms with Crippen LogP contribution in [0.25, 0.3) is 0 Å². The van der Waals surface area contributed by atoms with Crippen molar-refractivity contribution in [3.63, 3.8) is 0 Å². The van der Waals surface area contributed by atoms with Crippen molar-refractivity contribution in [3.8, 4) is 0 Å². The second-order valence-electron chi connectivity index (χ2n) is 5.32. The van der Waals surface area contributed by atoms with E-state index in [4.69, 9.17) is 5.73 Å². The van der Waals surface area contributed by atoms with E-state index >= 15 is 0 Å². The summed E-state index contributed by atoms with van der Waals surface area (Å²) in [5, 5.41) is 0. The lowest BCUT2D eigenvalue weighted by atomic mass is 9.89. The second-order valence-corrected chi connectivity index (χ2v) is 5.32. The third kappa shape index (κ3) is 2.09. The molecule has 1 aliphatic heterocycles. The van der Waals surface area contributed by atoms with Gasteiger partial charge in [0.15, 0.2) is 0 Å². The number of Topliss-reactive ketones (excluding diaryl/α,β-unsaturated/α-hetero) is 1. The van der Waals surface area contributed by atoms with E-state index in [1.54, 1.807) is 18.6 Å². The van der Waals surface area contributed by atoms with Gasteiger partial charge in [0.05, 0.1) is 5.92 Å². The highest BCUT2D eigenvalue weighted by Gasteiger charge is 2.42. The van der Waals surface area contributed by atoms with Crippen LogP contribution in [0.2, 0.25) is 0 Å². The molecule has 5 nitrogen and oxygen atoms in total. The molecular formula is C15H17N3O2. The smallest absolute Gasteiger partial charge is 0.246 e. The van der Waals surface area contributed by atoms with E-state index < -0.39 is 5.91 Å². The van der Waals surface area contributed by atoms with Crippen LogP contribution in [0.3, 0.4) is 0 Å². The quantitative estimate of drug-likeness (QED) is 0.882. The lowest BCUT2D eigenvalue weighted by Gasteiger charge is -2.28. The van der Waals surface area contributed by atoms with Crippen LogP contribution in [0.4, 0.5) is 5.69 Å². The molecule has 0 bridgehead atoms. The maximum absolute atomic E-state index is 12.3. The summed E-state index contributed by atoms with van der Waals surface area (Å²) in [4.78, 5) is 30.0. The Morgan fingerprint density at radius 1 is 1.30 bits per heavy atom. The number of carbonyl (C=O) groups excluding carboxylic acids is 2. The van der Waals surface area contributed by atoms with Gasteiger partial charge in [-0.3, -0.25) is 14.6 Å². The fraction of sp³-hybridized carbons (Fsp3) is 0.400. The van der Waals surface area contributed by atoms with Crippen molar-refractivity contribution in [1.82, 2.24) is 4.98 Å². The van der Waals surface area contributed by atoms with E-state index in [0.717, 1.165) is 24.9 Å². The normalized spacial score (nSPS) is 25.9. The molecule has 1 fully saturated rings. The number of fused-ring (bicyclic) bond motifs is 1. The highest BCUT2D eigenvalue weighted by Crippen LogP contribution is 2.38. The summed E-state index contributed by atoms with van der Waals surface area (Å²) in [6.07, 6.45) is 8.48. The minimum Gasteiger partial charge on any atom is -0.366 e. The third-order valence-electron chi connectivity index (χ3n) is 4.12. The first-order valence-corrected chi connectivity index (χ1v) is 6.91. The number of ketones is 1. The summed E-state index contributed by atoms with van der Waals surface area (Å²) in [5.74, 6) is -0.732. The number of primary amides is 1. The topological polar surface area (TPSA) is 76.3 Å². The predicted octanol–water partition coefficient (Wildman–Crippen LogP) is 1.40. The standard InChI is InChI=1S/C15H17N3O2/c16-15(20)11-9-18(10-5-7-17-8-6-10)12-3-1-2-4-13(19)14(11)12/h5-9,12,14H,1-4H2,(H2,16,20). The molecule has 20 heavy (non-hydrogen) atoms. The Morgan fingerprint density at radius 3 is 2.75 bits per heavy atom. The molecule has 2 aliphatic rings. The lowest BCUT2D eigenvalue weighted by molar-refractivity contribution is -0.124. The average molecular weight is 271 g/mol. The van der Waals surface area contributed by atoms with E-state index in [-0.39, 0.29) is 17.7 Å². The minimum atomic E-state index is -0.494. The Balaban J connectivity index is 2.03. The van der Waals surface area contributed by atoms with Crippen LogP contribution in [0.5, 0.6) is 0 Å². The number of nitrogens with zero attached hydrogens (tertiary/aromatic N) is 2. The summed E-state index contributed by atoms with van der Waals surface area (Å²) in [5.41, 5.74) is 6.85. The van der Waals surface area contributed by atoms with Gasteiger partial charge in [-0.25, -0.2) is 0 Å². The Morgan fingerprint density at radius 2 is 2.05 bits per heavy atom. The fourth-order valence-corrected chi connectivity index (χ4v) is 3.19. The van der Waals surface area contributed by atoms with Crippen molar-refractivity contribution in [1.29, 1.82) is 0 Å². The number of hydrogen-bond donors (Lipinski definition) is 1. The van der Waals surface area contributed by atoms with Crippen LogP contribution >= 0.6 is 0 Å². The number of hydrogen-bond acceptors (Lipinski definition) is 4. The van der Waals surface area contributed by atoms with Gasteiger partial charge < -0.3 is 10.6 Å². The number of amides is 1. The maximum atomic E-state index is 12.3. The van der Waals surface area contributed by atoms with E-state index in [9.17, 15) is 9.59 Å². The molecule has 1 saturated carbocycles. The molecule has 2 atom stereocenters. The van der Waals surface area contributed by atoms with Gasteiger partial charge in [-0.1, -0.05) is 6.42 Å². The first-order chi connectivity index (χ1) is 9.68. The van der Waals surface area contributed by atoms with Crippen molar-refractivity contribution in [2.24, 2.45) is 11.7 Å².